The number of nitrogens with zero attached hydrogens (tertiary/aromatic N) is 2. The van der Waals surface area contributed by atoms with E-state index in [0.717, 1.165) is 10.6 Å². The van der Waals surface area contributed by atoms with Crippen molar-refractivity contribution in [2.24, 2.45) is 0 Å². The van der Waals surface area contributed by atoms with Crippen LogP contribution in [0.25, 0.3) is 11.8 Å². The first-order chi connectivity index (χ1) is 13.1. The Hall–Kier alpha value is -3.39. The quantitative estimate of drug-likeness (QED) is 0.614. The monoisotopic (exact) mass is 400 g/mol. The molecular formula is C19H15ClN3O5-. The summed E-state index contributed by atoms with van der Waals surface area (Å²) in [5, 5.41) is 13.2. The van der Waals surface area contributed by atoms with Gasteiger partial charge in [-0.05, 0) is 49.8 Å². The van der Waals surface area contributed by atoms with Crippen LogP contribution in [0.5, 0.6) is 0 Å². The van der Waals surface area contributed by atoms with Gasteiger partial charge in [0.05, 0.1) is 11.0 Å². The number of halogens is 1. The molecule has 1 aromatic heterocycles. The molecule has 1 aromatic carbocycles. The Kier molecular flexibility index (Phi) is 4.82. The van der Waals surface area contributed by atoms with Crippen LogP contribution in [0.3, 0.4) is 0 Å². The van der Waals surface area contributed by atoms with Crippen LogP contribution in [0.2, 0.25) is 5.02 Å². The number of rotatable bonds is 3. The molecular weight excluding hydrogens is 386 g/mol. The lowest BCUT2D eigenvalue weighted by Gasteiger charge is -2.22. The summed E-state index contributed by atoms with van der Waals surface area (Å²) < 4.78 is 1.80. The van der Waals surface area contributed by atoms with E-state index in [4.69, 9.17) is 11.6 Å². The van der Waals surface area contributed by atoms with Crippen LogP contribution < -0.4 is 10.4 Å². The largest absolute Gasteiger partial charge is 0.545 e. The van der Waals surface area contributed by atoms with Gasteiger partial charge in [0.25, 0.3) is 11.8 Å². The maximum Gasteiger partial charge on any atom is 0.331 e. The highest BCUT2D eigenvalue weighted by Crippen LogP contribution is 2.26. The van der Waals surface area contributed by atoms with E-state index in [1.807, 2.05) is 6.92 Å². The Morgan fingerprint density at radius 1 is 1.18 bits per heavy atom. The molecule has 0 aliphatic carbocycles. The summed E-state index contributed by atoms with van der Waals surface area (Å²) in [4.78, 5) is 47.7. The standard InChI is InChI=1S/C19H16ClN3O5/c1-9-6-11(7-14-16(24)21-19(28)22(3)17(14)25)10(2)23(9)12-4-5-13(18(26)27)15(20)8-12/h4-8H,1-3H3,(H,26,27)(H,21,24,28)/p-1/b14-7+. The van der Waals surface area contributed by atoms with E-state index in [0.29, 0.717) is 16.9 Å². The van der Waals surface area contributed by atoms with Crippen LogP contribution in [0.4, 0.5) is 4.79 Å². The van der Waals surface area contributed by atoms with Gasteiger partial charge in [-0.25, -0.2) is 4.79 Å². The number of imide groups is 2. The first kappa shape index (κ1) is 19.4. The minimum absolute atomic E-state index is 0.0341. The Labute approximate surface area is 165 Å². The zero-order valence-corrected chi connectivity index (χ0v) is 16.0. The van der Waals surface area contributed by atoms with Crippen molar-refractivity contribution in [1.82, 2.24) is 14.8 Å². The summed E-state index contributed by atoms with van der Waals surface area (Å²) in [6.45, 7) is 3.59. The average Bonchev–Trinajstić information content (AvgIpc) is 2.90. The highest BCUT2D eigenvalue weighted by Gasteiger charge is 2.33. The van der Waals surface area contributed by atoms with Crippen LogP contribution in [-0.4, -0.2) is 40.3 Å². The van der Waals surface area contributed by atoms with Crippen molar-refractivity contribution in [2.45, 2.75) is 13.8 Å². The molecule has 9 heteroatoms. The number of aromatic nitrogens is 1. The van der Waals surface area contributed by atoms with E-state index in [2.05, 4.69) is 5.32 Å². The topological polar surface area (TPSA) is 112 Å². The van der Waals surface area contributed by atoms with E-state index in [9.17, 15) is 24.3 Å². The molecule has 1 N–H and O–H groups in total. The second-order valence-electron chi connectivity index (χ2n) is 6.29. The molecule has 0 saturated carbocycles. The molecule has 1 fully saturated rings. The number of likely N-dealkylation sites (N-methyl/N-ethyl adjacent to an activating group) is 1. The van der Waals surface area contributed by atoms with Crippen molar-refractivity contribution in [3.05, 3.63) is 57.4 Å². The number of aryl methyl sites for hydroxylation is 1. The number of carboxylic acid groups (broad SMARTS) is 1. The van der Waals surface area contributed by atoms with Gasteiger partial charge in [-0.1, -0.05) is 11.6 Å². The second kappa shape index (κ2) is 6.97. The van der Waals surface area contributed by atoms with Crippen molar-refractivity contribution in [1.29, 1.82) is 0 Å². The smallest absolute Gasteiger partial charge is 0.331 e. The van der Waals surface area contributed by atoms with Gasteiger partial charge >= 0.3 is 6.03 Å². The van der Waals surface area contributed by atoms with E-state index in [1.54, 1.807) is 23.6 Å². The molecule has 2 aromatic rings. The lowest BCUT2D eigenvalue weighted by Crippen LogP contribution is -2.52. The van der Waals surface area contributed by atoms with Crippen molar-refractivity contribution in [3.63, 3.8) is 0 Å². The van der Waals surface area contributed by atoms with Gasteiger partial charge in [0.15, 0.2) is 0 Å². The van der Waals surface area contributed by atoms with Gasteiger partial charge in [-0.15, -0.1) is 0 Å². The molecule has 144 valence electrons. The number of benzene rings is 1. The molecule has 28 heavy (non-hydrogen) atoms. The molecule has 2 heterocycles. The van der Waals surface area contributed by atoms with Crippen molar-refractivity contribution in [3.8, 4) is 5.69 Å². The molecule has 4 amide bonds. The molecule has 1 aliphatic heterocycles. The Morgan fingerprint density at radius 2 is 1.86 bits per heavy atom. The Bertz CT molecular complexity index is 1080. The molecule has 0 unspecified atom stereocenters. The number of amides is 4. The zero-order valence-electron chi connectivity index (χ0n) is 15.2. The lowest BCUT2D eigenvalue weighted by atomic mass is 10.1. The van der Waals surface area contributed by atoms with Crippen molar-refractivity contribution >= 4 is 41.5 Å². The summed E-state index contributed by atoms with van der Waals surface area (Å²) in [5.74, 6) is -2.83. The van der Waals surface area contributed by atoms with Crippen LogP contribution in [-0.2, 0) is 9.59 Å². The van der Waals surface area contributed by atoms with E-state index in [-0.39, 0.29) is 16.2 Å². The molecule has 0 bridgehead atoms. The van der Waals surface area contributed by atoms with Gasteiger partial charge in [-0.3, -0.25) is 19.8 Å². The average molecular weight is 401 g/mol. The normalized spacial score (nSPS) is 15.9. The molecule has 0 spiro atoms. The Morgan fingerprint density at radius 3 is 2.46 bits per heavy atom. The number of aromatic carboxylic acids is 1. The molecule has 0 radical (unpaired) electrons. The number of carboxylic acids is 1. The number of nitrogens with one attached hydrogen (secondary N) is 1. The van der Waals surface area contributed by atoms with Gasteiger partial charge in [0.1, 0.15) is 5.57 Å². The highest BCUT2D eigenvalue weighted by molar-refractivity contribution is 6.33. The van der Waals surface area contributed by atoms with Crippen LogP contribution in [0.1, 0.15) is 27.3 Å². The third kappa shape index (κ3) is 3.18. The SMILES string of the molecule is Cc1cc(/C=C2\C(=O)NC(=O)N(C)C2=O)c(C)n1-c1ccc(C(=O)[O-])c(Cl)c1. The fraction of sp³-hybridized carbons (Fsp3) is 0.158. The van der Waals surface area contributed by atoms with Crippen molar-refractivity contribution in [2.75, 3.05) is 7.05 Å². The molecule has 1 saturated heterocycles. The van der Waals surface area contributed by atoms with Crippen LogP contribution in [0, 0.1) is 13.8 Å². The molecule has 3 rings (SSSR count). The van der Waals surface area contributed by atoms with Crippen LogP contribution in [0.15, 0.2) is 29.8 Å². The maximum absolute atomic E-state index is 12.3. The van der Waals surface area contributed by atoms with E-state index in [1.165, 1.54) is 25.3 Å². The minimum atomic E-state index is -1.37. The number of hydrogen-bond acceptors (Lipinski definition) is 5. The Balaban J connectivity index is 2.07. The number of barbiturate groups is 1. The van der Waals surface area contributed by atoms with Crippen LogP contribution >= 0.6 is 11.6 Å². The third-order valence-corrected chi connectivity index (χ3v) is 4.82. The number of carbonyl (C=O) groups excluding carboxylic acids is 4. The fourth-order valence-electron chi connectivity index (χ4n) is 3.04. The van der Waals surface area contributed by atoms with Crippen molar-refractivity contribution < 1.29 is 24.3 Å². The molecule has 8 nitrogen and oxygen atoms in total. The number of hydrogen-bond donors (Lipinski definition) is 1. The number of carbonyl (C=O) groups is 4. The van der Waals surface area contributed by atoms with E-state index >= 15 is 0 Å². The minimum Gasteiger partial charge on any atom is -0.545 e. The summed E-state index contributed by atoms with van der Waals surface area (Å²) in [5.41, 5.74) is 2.40. The third-order valence-electron chi connectivity index (χ3n) is 4.51. The predicted molar refractivity (Wildman–Crippen MR) is 98.9 cm³/mol. The summed E-state index contributed by atoms with van der Waals surface area (Å²) in [6.07, 6.45) is 1.41. The first-order valence-electron chi connectivity index (χ1n) is 8.17. The lowest BCUT2D eigenvalue weighted by molar-refractivity contribution is -0.255. The zero-order chi connectivity index (χ0) is 20.7. The molecule has 1 aliphatic rings. The van der Waals surface area contributed by atoms with Gasteiger partial charge in [-0.2, -0.15) is 0 Å². The van der Waals surface area contributed by atoms with Gasteiger partial charge in [0.2, 0.25) is 0 Å². The first-order valence-corrected chi connectivity index (χ1v) is 8.55. The van der Waals surface area contributed by atoms with E-state index < -0.39 is 23.8 Å². The van der Waals surface area contributed by atoms with Gasteiger partial charge in [0, 0.05) is 29.7 Å². The summed E-state index contributed by atoms with van der Waals surface area (Å²) in [7, 11) is 1.28. The van der Waals surface area contributed by atoms with Gasteiger partial charge < -0.3 is 14.5 Å². The fourth-order valence-corrected chi connectivity index (χ4v) is 3.29. The maximum atomic E-state index is 12.3. The second-order valence-corrected chi connectivity index (χ2v) is 6.70. The summed E-state index contributed by atoms with van der Waals surface area (Å²) >= 11 is 6.03. The molecule has 0 atom stereocenters. The summed E-state index contributed by atoms with van der Waals surface area (Å²) in [6, 6.07) is 5.41. The number of urea groups is 1. The predicted octanol–water partition coefficient (Wildman–Crippen LogP) is 1.20. The highest BCUT2D eigenvalue weighted by atomic mass is 35.5.